The Balaban J connectivity index is 1.90. The van der Waals surface area contributed by atoms with Gasteiger partial charge < -0.3 is 10.0 Å². The van der Waals surface area contributed by atoms with Gasteiger partial charge in [-0.25, -0.2) is 4.79 Å². The molecule has 1 aliphatic rings. The number of carboxylic acids is 1. The molecule has 1 aromatic carbocycles. The summed E-state index contributed by atoms with van der Waals surface area (Å²) in [5.74, 6) is -0.956. The Morgan fingerprint density at radius 1 is 1.32 bits per heavy atom. The van der Waals surface area contributed by atoms with Gasteiger partial charge >= 0.3 is 5.97 Å². The van der Waals surface area contributed by atoms with Gasteiger partial charge in [0.1, 0.15) is 6.04 Å². The lowest BCUT2D eigenvalue weighted by Crippen LogP contribution is -2.40. The Morgan fingerprint density at radius 3 is 2.63 bits per heavy atom. The van der Waals surface area contributed by atoms with Crippen molar-refractivity contribution in [3.8, 4) is 0 Å². The van der Waals surface area contributed by atoms with Gasteiger partial charge in [-0.05, 0) is 37.0 Å². The second-order valence-corrected chi connectivity index (χ2v) is 5.63. The van der Waals surface area contributed by atoms with E-state index >= 15 is 0 Å². The van der Waals surface area contributed by atoms with Crippen LogP contribution in [-0.4, -0.2) is 34.5 Å². The third-order valence-electron chi connectivity index (χ3n) is 3.40. The molecule has 1 heterocycles. The lowest BCUT2D eigenvalue weighted by atomic mass is 10.1. The van der Waals surface area contributed by atoms with Gasteiger partial charge in [0.05, 0.1) is 0 Å². The third-order valence-corrected chi connectivity index (χ3v) is 3.93. The van der Waals surface area contributed by atoms with Crippen LogP contribution < -0.4 is 0 Å². The minimum absolute atomic E-state index is 0.0622. The average Bonchev–Trinajstić information content (AvgIpc) is 2.87. The summed E-state index contributed by atoms with van der Waals surface area (Å²) in [6.07, 6.45) is 2.36. The summed E-state index contributed by atoms with van der Waals surface area (Å²) in [6.45, 7) is 0.566. The fraction of sp³-hybridized carbons (Fsp3) is 0.429. The molecule has 4 nitrogen and oxygen atoms in total. The summed E-state index contributed by atoms with van der Waals surface area (Å²) in [7, 11) is 0. The summed E-state index contributed by atoms with van der Waals surface area (Å²) in [6, 6.07) is 7.19. The van der Waals surface area contributed by atoms with Crippen molar-refractivity contribution in [1.82, 2.24) is 4.90 Å². The number of rotatable bonds is 4. The first kappa shape index (κ1) is 14.1. The van der Waals surface area contributed by atoms with Crippen LogP contribution in [0.1, 0.15) is 24.8 Å². The number of halogens is 1. The molecule has 0 aliphatic carbocycles. The van der Waals surface area contributed by atoms with Gasteiger partial charge in [-0.2, -0.15) is 0 Å². The standard InChI is InChI=1S/C14H16BrNO3/c15-11-6-3-10(4-7-11)5-8-13(17)16-9-1-2-12(16)14(18)19/h3-4,6-7,12H,1-2,5,8-9H2,(H,18,19)/t12-/m0/s1. The summed E-state index contributed by atoms with van der Waals surface area (Å²) in [5, 5.41) is 9.05. The number of aliphatic carboxylic acids is 1. The van der Waals surface area contributed by atoms with Gasteiger partial charge in [0.2, 0.25) is 5.91 Å². The summed E-state index contributed by atoms with van der Waals surface area (Å²) in [4.78, 5) is 24.6. The van der Waals surface area contributed by atoms with Crippen LogP contribution in [0.5, 0.6) is 0 Å². The predicted molar refractivity (Wildman–Crippen MR) is 74.8 cm³/mol. The van der Waals surface area contributed by atoms with E-state index in [2.05, 4.69) is 15.9 Å². The number of hydrogen-bond acceptors (Lipinski definition) is 2. The molecule has 0 aromatic heterocycles. The second kappa shape index (κ2) is 6.19. The van der Waals surface area contributed by atoms with E-state index in [1.807, 2.05) is 24.3 Å². The zero-order valence-electron chi connectivity index (χ0n) is 10.5. The smallest absolute Gasteiger partial charge is 0.326 e. The van der Waals surface area contributed by atoms with Gasteiger partial charge in [0.15, 0.2) is 0 Å². The highest BCUT2D eigenvalue weighted by atomic mass is 79.9. The van der Waals surface area contributed by atoms with E-state index in [1.165, 1.54) is 4.90 Å². The number of carbonyl (C=O) groups excluding carboxylic acids is 1. The minimum atomic E-state index is -0.894. The Labute approximate surface area is 120 Å². The zero-order valence-corrected chi connectivity index (χ0v) is 12.1. The molecule has 1 aliphatic heterocycles. The highest BCUT2D eigenvalue weighted by Gasteiger charge is 2.33. The van der Waals surface area contributed by atoms with Gasteiger partial charge in [0.25, 0.3) is 0 Å². The minimum Gasteiger partial charge on any atom is -0.480 e. The molecule has 1 N–H and O–H groups in total. The number of carbonyl (C=O) groups is 2. The Kier molecular flexibility index (Phi) is 4.58. The van der Waals surface area contributed by atoms with Crippen molar-refractivity contribution in [2.45, 2.75) is 31.7 Å². The van der Waals surface area contributed by atoms with Gasteiger partial charge in [0, 0.05) is 17.4 Å². The van der Waals surface area contributed by atoms with Crippen LogP contribution in [0.25, 0.3) is 0 Å². The number of likely N-dealkylation sites (tertiary alicyclic amines) is 1. The molecule has 0 spiro atoms. The molecule has 2 rings (SSSR count). The van der Waals surface area contributed by atoms with Crippen molar-refractivity contribution in [3.63, 3.8) is 0 Å². The van der Waals surface area contributed by atoms with E-state index in [0.717, 1.165) is 16.5 Å². The monoisotopic (exact) mass is 325 g/mol. The molecule has 0 unspecified atom stereocenters. The zero-order chi connectivity index (χ0) is 13.8. The van der Waals surface area contributed by atoms with Crippen LogP contribution in [-0.2, 0) is 16.0 Å². The maximum absolute atomic E-state index is 12.1. The van der Waals surface area contributed by atoms with Crippen molar-refractivity contribution < 1.29 is 14.7 Å². The van der Waals surface area contributed by atoms with Crippen LogP contribution in [0.3, 0.4) is 0 Å². The number of benzene rings is 1. The average molecular weight is 326 g/mol. The fourth-order valence-electron chi connectivity index (χ4n) is 2.37. The SMILES string of the molecule is O=C(O)[C@@H]1CCCN1C(=O)CCc1ccc(Br)cc1. The maximum atomic E-state index is 12.1. The van der Waals surface area contributed by atoms with Crippen LogP contribution in [0.4, 0.5) is 0 Å². The van der Waals surface area contributed by atoms with Crippen molar-refractivity contribution in [1.29, 1.82) is 0 Å². The first-order chi connectivity index (χ1) is 9.08. The van der Waals surface area contributed by atoms with Crippen molar-refractivity contribution in [3.05, 3.63) is 34.3 Å². The number of hydrogen-bond donors (Lipinski definition) is 1. The van der Waals surface area contributed by atoms with Gasteiger partial charge in [-0.3, -0.25) is 4.79 Å². The quantitative estimate of drug-likeness (QED) is 0.925. The molecule has 1 amide bonds. The van der Waals surface area contributed by atoms with E-state index in [1.54, 1.807) is 0 Å². The lowest BCUT2D eigenvalue weighted by Gasteiger charge is -2.21. The van der Waals surface area contributed by atoms with E-state index in [9.17, 15) is 9.59 Å². The summed E-state index contributed by atoms with van der Waals surface area (Å²) >= 11 is 3.36. The molecule has 5 heteroatoms. The molecule has 102 valence electrons. The maximum Gasteiger partial charge on any atom is 0.326 e. The topological polar surface area (TPSA) is 57.6 Å². The second-order valence-electron chi connectivity index (χ2n) is 4.71. The molecule has 1 atom stereocenters. The molecule has 1 saturated heterocycles. The predicted octanol–water partition coefficient (Wildman–Crippen LogP) is 2.46. The summed E-state index contributed by atoms with van der Waals surface area (Å²) < 4.78 is 1.01. The normalized spacial score (nSPS) is 18.6. The Bertz CT molecular complexity index is 472. The molecule has 1 fully saturated rings. The lowest BCUT2D eigenvalue weighted by molar-refractivity contribution is -0.148. The Morgan fingerprint density at radius 2 is 2.00 bits per heavy atom. The van der Waals surface area contributed by atoms with E-state index in [0.29, 0.717) is 25.8 Å². The molecular formula is C14H16BrNO3. The van der Waals surface area contributed by atoms with Gasteiger partial charge in [-0.15, -0.1) is 0 Å². The van der Waals surface area contributed by atoms with Crippen molar-refractivity contribution >= 4 is 27.8 Å². The molecule has 0 radical (unpaired) electrons. The third kappa shape index (κ3) is 3.56. The first-order valence-electron chi connectivity index (χ1n) is 6.34. The highest BCUT2D eigenvalue weighted by molar-refractivity contribution is 9.10. The molecule has 0 saturated carbocycles. The van der Waals surface area contributed by atoms with E-state index in [-0.39, 0.29) is 5.91 Å². The summed E-state index contributed by atoms with van der Waals surface area (Å²) in [5.41, 5.74) is 1.09. The van der Waals surface area contributed by atoms with E-state index < -0.39 is 12.0 Å². The van der Waals surface area contributed by atoms with Crippen LogP contribution >= 0.6 is 15.9 Å². The van der Waals surface area contributed by atoms with Crippen LogP contribution in [0.2, 0.25) is 0 Å². The van der Waals surface area contributed by atoms with Gasteiger partial charge in [-0.1, -0.05) is 28.1 Å². The Hall–Kier alpha value is -1.36. The van der Waals surface area contributed by atoms with E-state index in [4.69, 9.17) is 5.11 Å². The highest BCUT2D eigenvalue weighted by Crippen LogP contribution is 2.19. The number of aryl methyl sites for hydroxylation is 1. The van der Waals surface area contributed by atoms with Crippen LogP contribution in [0, 0.1) is 0 Å². The number of carboxylic acid groups (broad SMARTS) is 1. The fourth-order valence-corrected chi connectivity index (χ4v) is 2.63. The molecule has 1 aromatic rings. The largest absolute Gasteiger partial charge is 0.480 e. The van der Waals surface area contributed by atoms with Crippen molar-refractivity contribution in [2.24, 2.45) is 0 Å². The molecular weight excluding hydrogens is 310 g/mol. The van der Waals surface area contributed by atoms with Crippen molar-refractivity contribution in [2.75, 3.05) is 6.54 Å². The molecule has 0 bridgehead atoms. The molecule has 19 heavy (non-hydrogen) atoms. The van der Waals surface area contributed by atoms with Crippen LogP contribution in [0.15, 0.2) is 28.7 Å². The first-order valence-corrected chi connectivity index (χ1v) is 7.14. The number of amides is 1. The number of nitrogens with zero attached hydrogens (tertiary/aromatic N) is 1.